The zero-order valence-corrected chi connectivity index (χ0v) is 77.5. The van der Waals surface area contributed by atoms with E-state index in [9.17, 15) is 24.0 Å². The quantitative estimate of drug-likeness (QED) is 0.0308. The molecule has 0 amide bonds. The molecule has 0 bridgehead atoms. The largest absolute Gasteiger partial charge is 0.465 e. The van der Waals surface area contributed by atoms with Gasteiger partial charge in [-0.25, -0.2) is 0 Å². The van der Waals surface area contributed by atoms with Crippen LogP contribution in [0.3, 0.4) is 0 Å². The second kappa shape index (κ2) is 72.8. The number of ether oxygens (including phenoxy) is 4. The molecule has 0 radical (unpaired) electrons. The summed E-state index contributed by atoms with van der Waals surface area (Å²) in [7, 11) is -0.611. The smallest absolute Gasteiger partial charge is 0.308 e. The Hall–Kier alpha value is -6.69. The van der Waals surface area contributed by atoms with Crippen LogP contribution in [0.2, 0.25) is 26.2 Å². The third-order valence-electron chi connectivity index (χ3n) is 13.8. The van der Waals surface area contributed by atoms with Gasteiger partial charge in [-0.2, -0.15) is 0 Å². The number of hydrogen-bond acceptors (Lipinski definition) is 10. The minimum Gasteiger partial charge on any atom is -0.465 e. The predicted molar refractivity (Wildman–Crippen MR) is 479 cm³/mol. The van der Waals surface area contributed by atoms with E-state index in [0.29, 0.717) is 38.3 Å². The number of aliphatic hydroxyl groups excluding tert-OH is 1. The Morgan fingerprint density at radius 1 is 0.385 bits per heavy atom. The first-order chi connectivity index (χ1) is 50.5. The molecule has 0 fully saturated rings. The van der Waals surface area contributed by atoms with Gasteiger partial charge < -0.3 is 24.1 Å². The Morgan fingerprint density at radius 3 is 0.954 bits per heavy atom. The first-order valence-corrected chi connectivity index (χ1v) is 44.9. The Morgan fingerprint density at radius 2 is 0.679 bits per heavy atom. The lowest BCUT2D eigenvalue weighted by molar-refractivity contribution is -0.149. The third kappa shape index (κ3) is 83.6. The van der Waals surface area contributed by atoms with E-state index in [1.54, 1.807) is 26.8 Å². The van der Waals surface area contributed by atoms with E-state index in [1.807, 2.05) is 130 Å². The summed E-state index contributed by atoms with van der Waals surface area (Å²) in [4.78, 5) is 54.4. The molecule has 1 N–H and O–H groups in total. The van der Waals surface area contributed by atoms with Crippen LogP contribution in [0, 0.1) is 76.9 Å². The van der Waals surface area contributed by atoms with Crippen molar-refractivity contribution in [2.24, 2.45) is 76.9 Å². The highest BCUT2D eigenvalue weighted by Crippen LogP contribution is 2.44. The first kappa shape index (κ1) is 116. The molecule has 0 saturated carbocycles. The normalized spacial score (nSPS) is 10.6. The fourth-order valence-corrected chi connectivity index (χ4v) is 7.06. The lowest BCUT2D eigenvalue weighted by atomic mass is 9.98. The molecular weight excluding hydrogens is 1370 g/mol. The van der Waals surface area contributed by atoms with Gasteiger partial charge >= 0.3 is 23.9 Å². The minimum atomic E-state index is -0.611. The predicted octanol–water partition coefficient (Wildman–Crippen LogP) is 27.7. The Labute approximate surface area is 674 Å². The number of carbonyl (C=O) groups is 5. The molecule has 109 heavy (non-hydrogen) atoms. The van der Waals surface area contributed by atoms with Crippen molar-refractivity contribution in [3.63, 3.8) is 0 Å². The standard InChI is InChI=1S/C18H18O2.C11H14O2.C11H16O.C10H14.C8H16O2.C7H12O2.C6H12.C5H10O.2C5H12.C4H12Si.2C4H10/c1-12(2)18(19)20-11-17-15-9-5-3-7-13(15)14-8-4-6-10-16(14)17;1-9(2)11(12)13-8-10-6-4-3-5-7-10;1-9(2)7-10-3-5-11(8-12)6-4-10;1-9(2)8-10-6-4-3-5-7-10;1-6(2)5-10-8(9)7(3)4;1-4-5-9-7(8)6(2)3;1-4-5-6(2)3;1-4(2)5(3)6;2*1-4-5(2)3;1-5(2,3)4;2*1-4(2)3/h3-10,12,17H,11H2,1-2H3;3-7,9H,8H2,1-2H3;3-6,9,12H,7-8H2,1-2H3;3-7,9H,8H2,1-2H3;6-7H,5H2,1-4H3;4,6H,1,5H2,2-3H3;4,6H,1,5H2,2-3H3;4H,1-3H3;2*5H,4H2,1-3H3;1-4H3;2*4H,1-3H3. The molecule has 0 aliphatic heterocycles. The fourth-order valence-electron chi connectivity index (χ4n) is 7.06. The van der Waals surface area contributed by atoms with Crippen LogP contribution in [0.25, 0.3) is 11.1 Å². The van der Waals surface area contributed by atoms with E-state index in [0.717, 1.165) is 59.5 Å². The number of benzene rings is 5. The number of fused-ring (bicyclic) bond motifs is 3. The summed E-state index contributed by atoms with van der Waals surface area (Å²) >= 11 is 0. The van der Waals surface area contributed by atoms with Crippen molar-refractivity contribution in [1.82, 2.24) is 0 Å². The summed E-state index contributed by atoms with van der Waals surface area (Å²) < 4.78 is 20.1. The lowest BCUT2D eigenvalue weighted by Gasteiger charge is -2.15. The van der Waals surface area contributed by atoms with Gasteiger partial charge in [-0.05, 0) is 118 Å². The van der Waals surface area contributed by atoms with Crippen molar-refractivity contribution in [1.29, 1.82) is 0 Å². The van der Waals surface area contributed by atoms with Gasteiger partial charge in [0.15, 0.2) is 0 Å². The van der Waals surface area contributed by atoms with E-state index in [4.69, 9.17) is 24.1 Å². The summed E-state index contributed by atoms with van der Waals surface area (Å²) in [6.07, 6.45) is 9.57. The average molecular weight is 1530 g/mol. The molecule has 0 unspecified atom stereocenters. The van der Waals surface area contributed by atoms with E-state index in [-0.39, 0.29) is 71.8 Å². The molecular formula is C98H168O10Si. The number of Topliss-reactive ketones (excluding diaryl/α,β-unsaturated/α-hetero) is 1. The van der Waals surface area contributed by atoms with E-state index in [2.05, 4.69) is 243 Å². The van der Waals surface area contributed by atoms with Gasteiger partial charge in [0.2, 0.25) is 0 Å². The maximum atomic E-state index is 11.7. The Balaban J connectivity index is -0.000000214. The number of carbonyl (C=O) groups excluding carboxylic acids is 5. The van der Waals surface area contributed by atoms with Gasteiger partial charge in [0.05, 0.1) is 36.9 Å². The summed E-state index contributed by atoms with van der Waals surface area (Å²) in [5.41, 5.74) is 9.83. The second-order valence-electron chi connectivity index (χ2n) is 34.4. The van der Waals surface area contributed by atoms with Gasteiger partial charge in [-0.3, -0.25) is 24.0 Å². The highest BCUT2D eigenvalue weighted by atomic mass is 28.3. The van der Waals surface area contributed by atoms with Crippen LogP contribution in [0.4, 0.5) is 0 Å². The van der Waals surface area contributed by atoms with Crippen molar-refractivity contribution in [2.45, 2.75) is 292 Å². The van der Waals surface area contributed by atoms with Gasteiger partial charge in [-0.1, -0.05) is 399 Å². The third-order valence-corrected chi connectivity index (χ3v) is 13.8. The molecule has 1 aliphatic carbocycles. The summed E-state index contributed by atoms with van der Waals surface area (Å²) in [5, 5.41) is 8.81. The highest BCUT2D eigenvalue weighted by molar-refractivity contribution is 6.74. The second-order valence-corrected chi connectivity index (χ2v) is 40.4. The van der Waals surface area contributed by atoms with Crippen molar-refractivity contribution >= 4 is 37.7 Å². The van der Waals surface area contributed by atoms with Crippen LogP contribution in [-0.4, -0.2) is 62.7 Å². The molecule has 0 atom stereocenters. The number of ketones is 1. The van der Waals surface area contributed by atoms with Gasteiger partial charge in [0, 0.05) is 19.9 Å². The summed E-state index contributed by atoms with van der Waals surface area (Å²) in [6, 6.07) is 45.2. The molecule has 0 saturated heterocycles. The van der Waals surface area contributed by atoms with Crippen molar-refractivity contribution < 1.29 is 48.0 Å². The number of hydrogen-bond donors (Lipinski definition) is 1. The fraction of sp³-hybridized carbons (Fsp3) is 0.602. The van der Waals surface area contributed by atoms with Crippen molar-refractivity contribution in [2.75, 3.05) is 19.8 Å². The van der Waals surface area contributed by atoms with Gasteiger partial charge in [0.1, 0.15) is 25.6 Å². The zero-order chi connectivity index (χ0) is 86.0. The molecule has 5 aromatic carbocycles. The van der Waals surface area contributed by atoms with E-state index < -0.39 is 8.07 Å². The monoisotopic (exact) mass is 1530 g/mol. The number of rotatable bonds is 22. The molecule has 0 spiro atoms. The summed E-state index contributed by atoms with van der Waals surface area (Å²) in [6.45, 7) is 81.7. The molecule has 5 aromatic rings. The van der Waals surface area contributed by atoms with Crippen molar-refractivity contribution in [3.05, 3.63) is 192 Å². The Bertz CT molecular complexity index is 2870. The molecule has 6 rings (SSSR count). The summed E-state index contributed by atoms with van der Waals surface area (Å²) in [5.74, 6) is 6.02. The number of aliphatic hydroxyl groups is 1. The zero-order valence-electron chi connectivity index (χ0n) is 76.5. The van der Waals surface area contributed by atoms with Crippen LogP contribution >= 0.6 is 0 Å². The first-order valence-electron chi connectivity index (χ1n) is 40.9. The molecule has 11 heteroatoms. The SMILES string of the molecule is C=CCC(C)C.C=CCOC(=O)C(C)C.CC(=O)C(C)C.CC(C)C.CC(C)C.CC(C)C(=O)OCC1c2ccccc2-c2ccccc21.CC(C)C(=O)OCc1ccccc1.CC(C)COC(=O)C(C)C.CC(C)Cc1ccc(CO)cc1.CC(C)Cc1ccccc1.CCC(C)C.CCC(C)C.C[Si](C)(C)C. The van der Waals surface area contributed by atoms with Crippen molar-refractivity contribution in [3.8, 4) is 11.1 Å². The van der Waals surface area contributed by atoms with Gasteiger partial charge in [-0.15, -0.1) is 6.58 Å². The van der Waals surface area contributed by atoms with Crippen LogP contribution in [0.1, 0.15) is 273 Å². The molecule has 1 aliphatic rings. The molecule has 624 valence electrons. The molecule has 0 aromatic heterocycles. The highest BCUT2D eigenvalue weighted by Gasteiger charge is 2.29. The molecule has 0 heterocycles. The topological polar surface area (TPSA) is 142 Å². The van der Waals surface area contributed by atoms with E-state index >= 15 is 0 Å². The maximum Gasteiger partial charge on any atom is 0.308 e. The number of esters is 4. The van der Waals surface area contributed by atoms with Crippen LogP contribution in [0.15, 0.2) is 159 Å². The molecule has 10 nitrogen and oxygen atoms in total. The maximum absolute atomic E-state index is 11.7. The Kier molecular flexibility index (Phi) is 77.2. The number of allylic oxidation sites excluding steroid dienone is 1. The van der Waals surface area contributed by atoms with Crippen LogP contribution < -0.4 is 0 Å². The van der Waals surface area contributed by atoms with Crippen LogP contribution in [-0.2, 0) is 69.0 Å². The van der Waals surface area contributed by atoms with Gasteiger partial charge in [0.25, 0.3) is 0 Å². The van der Waals surface area contributed by atoms with E-state index in [1.165, 1.54) is 52.6 Å². The van der Waals surface area contributed by atoms with Crippen LogP contribution in [0.5, 0.6) is 0 Å². The average Bonchev–Trinajstić information content (AvgIpc) is 1.62. The minimum absolute atomic E-state index is 0.00116. The lowest BCUT2D eigenvalue weighted by Crippen LogP contribution is -2.16.